The highest BCUT2D eigenvalue weighted by molar-refractivity contribution is 5.76. The zero-order chi connectivity index (χ0) is 9.78. The first kappa shape index (κ1) is 11.4. The fraction of sp³-hybridized carbons (Fsp3) is 0.889. The van der Waals surface area contributed by atoms with Crippen LogP contribution < -0.4 is 11.1 Å². The van der Waals surface area contributed by atoms with E-state index in [1.54, 1.807) is 0 Å². The Bertz CT molecular complexity index is 149. The SMILES string of the molecule is CCC(CNC(C)(C)C)C(N)=O. The average molecular weight is 172 g/mol. The number of rotatable bonds is 4. The molecule has 0 aromatic rings. The number of carbonyl (C=O) groups excluding carboxylic acids is 1. The van der Waals surface area contributed by atoms with Crippen LogP contribution in [-0.4, -0.2) is 18.0 Å². The summed E-state index contributed by atoms with van der Waals surface area (Å²) in [4.78, 5) is 10.8. The average Bonchev–Trinajstić information content (AvgIpc) is 1.85. The van der Waals surface area contributed by atoms with Crippen molar-refractivity contribution in [2.45, 2.75) is 39.7 Å². The maximum absolute atomic E-state index is 10.8. The van der Waals surface area contributed by atoms with Crippen molar-refractivity contribution >= 4 is 5.91 Å². The van der Waals surface area contributed by atoms with Crippen LogP contribution in [0.5, 0.6) is 0 Å². The topological polar surface area (TPSA) is 55.1 Å². The molecule has 0 saturated carbocycles. The van der Waals surface area contributed by atoms with Crippen LogP contribution in [0.3, 0.4) is 0 Å². The van der Waals surface area contributed by atoms with Gasteiger partial charge in [0.1, 0.15) is 0 Å². The monoisotopic (exact) mass is 172 g/mol. The van der Waals surface area contributed by atoms with Gasteiger partial charge in [-0.3, -0.25) is 4.79 Å². The van der Waals surface area contributed by atoms with Crippen molar-refractivity contribution in [3.05, 3.63) is 0 Å². The van der Waals surface area contributed by atoms with Gasteiger partial charge in [0.15, 0.2) is 0 Å². The third-order valence-corrected chi connectivity index (χ3v) is 1.77. The van der Waals surface area contributed by atoms with E-state index in [2.05, 4.69) is 26.1 Å². The minimum Gasteiger partial charge on any atom is -0.369 e. The number of carbonyl (C=O) groups is 1. The molecule has 72 valence electrons. The quantitative estimate of drug-likeness (QED) is 0.661. The van der Waals surface area contributed by atoms with Gasteiger partial charge in [0, 0.05) is 18.0 Å². The van der Waals surface area contributed by atoms with Crippen LogP contribution in [-0.2, 0) is 4.79 Å². The van der Waals surface area contributed by atoms with Crippen LogP contribution in [0.2, 0.25) is 0 Å². The molecule has 0 bridgehead atoms. The smallest absolute Gasteiger partial charge is 0.221 e. The summed E-state index contributed by atoms with van der Waals surface area (Å²) in [5, 5.41) is 3.25. The van der Waals surface area contributed by atoms with Gasteiger partial charge >= 0.3 is 0 Å². The molecule has 0 saturated heterocycles. The van der Waals surface area contributed by atoms with E-state index in [1.807, 2.05) is 6.92 Å². The molecule has 0 aromatic carbocycles. The summed E-state index contributed by atoms with van der Waals surface area (Å²) in [6, 6.07) is 0. The fourth-order valence-electron chi connectivity index (χ4n) is 0.876. The molecule has 12 heavy (non-hydrogen) atoms. The van der Waals surface area contributed by atoms with E-state index < -0.39 is 0 Å². The minimum atomic E-state index is -0.214. The van der Waals surface area contributed by atoms with Gasteiger partial charge in [-0.1, -0.05) is 6.92 Å². The number of amides is 1. The minimum absolute atomic E-state index is 0.0378. The van der Waals surface area contributed by atoms with Gasteiger partial charge in [0.25, 0.3) is 0 Å². The van der Waals surface area contributed by atoms with Crippen molar-refractivity contribution in [2.24, 2.45) is 11.7 Å². The lowest BCUT2D eigenvalue weighted by Crippen LogP contribution is -2.42. The van der Waals surface area contributed by atoms with Crippen molar-refractivity contribution in [3.63, 3.8) is 0 Å². The highest BCUT2D eigenvalue weighted by atomic mass is 16.1. The van der Waals surface area contributed by atoms with Gasteiger partial charge in [-0.05, 0) is 27.2 Å². The molecule has 0 radical (unpaired) electrons. The van der Waals surface area contributed by atoms with Gasteiger partial charge in [0.2, 0.25) is 5.91 Å². The third kappa shape index (κ3) is 5.13. The van der Waals surface area contributed by atoms with Crippen molar-refractivity contribution < 1.29 is 4.79 Å². The van der Waals surface area contributed by atoms with E-state index in [0.717, 1.165) is 6.42 Å². The maximum Gasteiger partial charge on any atom is 0.221 e. The number of primary amides is 1. The summed E-state index contributed by atoms with van der Waals surface area (Å²) in [6.45, 7) is 8.86. The lowest BCUT2D eigenvalue weighted by molar-refractivity contribution is -0.121. The van der Waals surface area contributed by atoms with E-state index in [4.69, 9.17) is 5.73 Å². The fourth-order valence-corrected chi connectivity index (χ4v) is 0.876. The molecule has 3 heteroatoms. The molecule has 0 aliphatic heterocycles. The van der Waals surface area contributed by atoms with E-state index in [1.165, 1.54) is 0 Å². The highest BCUT2D eigenvalue weighted by Gasteiger charge is 2.16. The summed E-state index contributed by atoms with van der Waals surface area (Å²) in [6.07, 6.45) is 0.804. The van der Waals surface area contributed by atoms with E-state index in [-0.39, 0.29) is 17.4 Å². The molecule has 3 nitrogen and oxygen atoms in total. The summed E-state index contributed by atoms with van der Waals surface area (Å²) in [5.74, 6) is -0.251. The Balaban J connectivity index is 3.81. The molecule has 1 amide bonds. The van der Waals surface area contributed by atoms with E-state index >= 15 is 0 Å². The molecule has 0 aromatic heterocycles. The van der Waals surface area contributed by atoms with Crippen molar-refractivity contribution in [2.75, 3.05) is 6.54 Å². The largest absolute Gasteiger partial charge is 0.369 e. The summed E-state index contributed by atoms with van der Waals surface area (Å²) < 4.78 is 0. The Labute approximate surface area is 74.7 Å². The number of nitrogens with one attached hydrogen (secondary N) is 1. The Hall–Kier alpha value is -0.570. The second-order valence-corrected chi connectivity index (χ2v) is 4.14. The zero-order valence-electron chi connectivity index (χ0n) is 8.48. The highest BCUT2D eigenvalue weighted by Crippen LogP contribution is 2.04. The molecular formula is C9H20N2O. The van der Waals surface area contributed by atoms with Crippen LogP contribution in [0.25, 0.3) is 0 Å². The van der Waals surface area contributed by atoms with Crippen LogP contribution in [0.1, 0.15) is 34.1 Å². The molecule has 0 aliphatic rings. The lowest BCUT2D eigenvalue weighted by Gasteiger charge is -2.23. The molecule has 0 fully saturated rings. The summed E-state index contributed by atoms with van der Waals surface area (Å²) >= 11 is 0. The second kappa shape index (κ2) is 4.45. The van der Waals surface area contributed by atoms with Crippen LogP contribution in [0.15, 0.2) is 0 Å². The molecule has 1 atom stereocenters. The first-order valence-electron chi connectivity index (χ1n) is 4.41. The molecule has 0 heterocycles. The first-order valence-corrected chi connectivity index (χ1v) is 4.41. The molecular weight excluding hydrogens is 152 g/mol. The standard InChI is InChI=1S/C9H20N2O/c1-5-7(8(10)12)6-11-9(2,3)4/h7,11H,5-6H2,1-4H3,(H2,10,12). The van der Waals surface area contributed by atoms with Gasteiger partial charge in [-0.2, -0.15) is 0 Å². The summed E-state index contributed by atoms with van der Waals surface area (Å²) in [7, 11) is 0. The van der Waals surface area contributed by atoms with Crippen LogP contribution in [0, 0.1) is 5.92 Å². The van der Waals surface area contributed by atoms with Crippen LogP contribution >= 0.6 is 0 Å². The van der Waals surface area contributed by atoms with E-state index in [0.29, 0.717) is 6.54 Å². The molecule has 1 unspecified atom stereocenters. The number of nitrogens with two attached hydrogens (primary N) is 1. The molecule has 0 aliphatic carbocycles. The number of hydrogen-bond acceptors (Lipinski definition) is 2. The Kier molecular flexibility index (Phi) is 4.24. The van der Waals surface area contributed by atoms with Crippen molar-refractivity contribution in [3.8, 4) is 0 Å². The lowest BCUT2D eigenvalue weighted by atomic mass is 10.0. The van der Waals surface area contributed by atoms with Gasteiger partial charge < -0.3 is 11.1 Å². The zero-order valence-corrected chi connectivity index (χ0v) is 8.48. The predicted molar refractivity (Wildman–Crippen MR) is 50.7 cm³/mol. The van der Waals surface area contributed by atoms with Crippen molar-refractivity contribution in [1.29, 1.82) is 0 Å². The third-order valence-electron chi connectivity index (χ3n) is 1.77. The second-order valence-electron chi connectivity index (χ2n) is 4.14. The molecule has 3 N–H and O–H groups in total. The molecule has 0 rings (SSSR count). The van der Waals surface area contributed by atoms with Gasteiger partial charge in [-0.25, -0.2) is 0 Å². The van der Waals surface area contributed by atoms with Crippen LogP contribution in [0.4, 0.5) is 0 Å². The maximum atomic E-state index is 10.8. The Morgan fingerprint density at radius 1 is 1.50 bits per heavy atom. The number of hydrogen-bond donors (Lipinski definition) is 2. The van der Waals surface area contributed by atoms with Gasteiger partial charge in [0.05, 0.1) is 0 Å². The molecule has 0 spiro atoms. The Morgan fingerprint density at radius 3 is 2.25 bits per heavy atom. The normalized spacial score (nSPS) is 14.3. The van der Waals surface area contributed by atoms with E-state index in [9.17, 15) is 4.79 Å². The first-order chi connectivity index (χ1) is 5.37. The Morgan fingerprint density at radius 2 is 2.00 bits per heavy atom. The predicted octanol–water partition coefficient (Wildman–Crippen LogP) is 0.886. The summed E-state index contributed by atoms with van der Waals surface area (Å²) in [5.41, 5.74) is 5.26. The van der Waals surface area contributed by atoms with Crippen molar-refractivity contribution in [1.82, 2.24) is 5.32 Å². The van der Waals surface area contributed by atoms with Gasteiger partial charge in [-0.15, -0.1) is 0 Å².